The van der Waals surface area contributed by atoms with E-state index in [1.54, 1.807) is 14.2 Å². The Balaban J connectivity index is 2.41. The van der Waals surface area contributed by atoms with Crippen molar-refractivity contribution in [2.45, 2.75) is 6.04 Å². The molecule has 0 amide bonds. The van der Waals surface area contributed by atoms with E-state index in [0.29, 0.717) is 6.54 Å². The average Bonchev–Trinajstić information content (AvgIpc) is 2.56. The number of hydrogen-bond acceptors (Lipinski definition) is 4. The molecule has 21 heavy (non-hydrogen) atoms. The summed E-state index contributed by atoms with van der Waals surface area (Å²) in [5.41, 5.74) is 8.15. The van der Waals surface area contributed by atoms with Crippen molar-refractivity contribution in [3.05, 3.63) is 54.1 Å². The van der Waals surface area contributed by atoms with Crippen molar-refractivity contribution in [3.8, 4) is 11.5 Å². The zero-order valence-electron chi connectivity index (χ0n) is 12.7. The Hall–Kier alpha value is -2.20. The van der Waals surface area contributed by atoms with Gasteiger partial charge in [0.2, 0.25) is 0 Å². The topological polar surface area (TPSA) is 47.7 Å². The molecule has 0 saturated carbocycles. The summed E-state index contributed by atoms with van der Waals surface area (Å²) >= 11 is 0. The van der Waals surface area contributed by atoms with Crippen molar-refractivity contribution >= 4 is 5.69 Å². The summed E-state index contributed by atoms with van der Waals surface area (Å²) in [7, 11) is 5.36. The van der Waals surface area contributed by atoms with Crippen molar-refractivity contribution < 1.29 is 9.47 Å². The van der Waals surface area contributed by atoms with Crippen LogP contribution in [-0.4, -0.2) is 27.8 Å². The molecule has 0 aromatic heterocycles. The number of nitrogens with two attached hydrogens (primary N) is 1. The zero-order chi connectivity index (χ0) is 15.2. The highest BCUT2D eigenvalue weighted by atomic mass is 16.5. The predicted molar refractivity (Wildman–Crippen MR) is 86.2 cm³/mol. The second kappa shape index (κ2) is 6.99. The molecule has 1 atom stereocenters. The first kappa shape index (κ1) is 15.2. The van der Waals surface area contributed by atoms with Crippen LogP contribution in [0.15, 0.2) is 48.5 Å². The lowest BCUT2D eigenvalue weighted by atomic mass is 10.0. The molecular weight excluding hydrogens is 264 g/mol. The van der Waals surface area contributed by atoms with E-state index >= 15 is 0 Å². The summed E-state index contributed by atoms with van der Waals surface area (Å²) in [6.45, 7) is 0.481. The number of likely N-dealkylation sites (N-methyl/N-ethyl adjacent to an activating group) is 1. The minimum atomic E-state index is 0.0115. The Kier molecular flexibility index (Phi) is 5.06. The number of para-hydroxylation sites is 1. The Morgan fingerprint density at radius 3 is 2.33 bits per heavy atom. The first-order valence-corrected chi connectivity index (χ1v) is 6.91. The van der Waals surface area contributed by atoms with Gasteiger partial charge in [0, 0.05) is 24.8 Å². The van der Waals surface area contributed by atoms with Crippen molar-refractivity contribution in [2.75, 3.05) is 32.7 Å². The molecule has 0 aliphatic heterocycles. The number of nitrogens with zero attached hydrogens (tertiary/aromatic N) is 1. The third-order valence-corrected chi connectivity index (χ3v) is 3.65. The quantitative estimate of drug-likeness (QED) is 0.887. The lowest BCUT2D eigenvalue weighted by Gasteiger charge is -2.30. The zero-order valence-corrected chi connectivity index (χ0v) is 12.7. The van der Waals surface area contributed by atoms with Gasteiger partial charge in [-0.05, 0) is 30.3 Å². The fourth-order valence-electron chi connectivity index (χ4n) is 2.44. The van der Waals surface area contributed by atoms with Crippen molar-refractivity contribution in [2.24, 2.45) is 5.73 Å². The molecule has 4 heteroatoms. The maximum atomic E-state index is 6.02. The van der Waals surface area contributed by atoms with Crippen molar-refractivity contribution in [1.29, 1.82) is 0 Å². The van der Waals surface area contributed by atoms with E-state index in [9.17, 15) is 0 Å². The van der Waals surface area contributed by atoms with Crippen LogP contribution in [0.3, 0.4) is 0 Å². The summed E-state index contributed by atoms with van der Waals surface area (Å²) in [6.07, 6.45) is 0. The minimum absolute atomic E-state index is 0.0115. The standard InChI is InChI=1S/C17H22N2O2/c1-19(13-7-5-4-6-8-13)16(12-18)15-11-14(20-2)9-10-17(15)21-3/h4-11,16H,12,18H2,1-3H3. The molecule has 4 nitrogen and oxygen atoms in total. The Morgan fingerprint density at radius 2 is 1.76 bits per heavy atom. The molecule has 2 aromatic rings. The van der Waals surface area contributed by atoms with E-state index < -0.39 is 0 Å². The van der Waals surface area contributed by atoms with E-state index in [2.05, 4.69) is 17.0 Å². The van der Waals surface area contributed by atoms with E-state index in [1.165, 1.54) is 0 Å². The normalized spacial score (nSPS) is 11.8. The Bertz CT molecular complexity index is 572. The van der Waals surface area contributed by atoms with E-state index in [-0.39, 0.29) is 6.04 Å². The summed E-state index contributed by atoms with van der Waals surface area (Å²) in [5, 5.41) is 0. The molecular formula is C17H22N2O2. The summed E-state index contributed by atoms with van der Waals surface area (Å²) in [5.74, 6) is 1.61. The largest absolute Gasteiger partial charge is 0.497 e. The summed E-state index contributed by atoms with van der Waals surface area (Å²) in [6, 6.07) is 16.0. The molecule has 0 heterocycles. The van der Waals surface area contributed by atoms with Crippen LogP contribution in [0.4, 0.5) is 5.69 Å². The van der Waals surface area contributed by atoms with Gasteiger partial charge in [-0.3, -0.25) is 0 Å². The highest BCUT2D eigenvalue weighted by Gasteiger charge is 2.20. The second-order valence-corrected chi connectivity index (χ2v) is 4.81. The first-order chi connectivity index (χ1) is 10.2. The van der Waals surface area contributed by atoms with Gasteiger partial charge in [-0.25, -0.2) is 0 Å². The van der Waals surface area contributed by atoms with E-state index in [0.717, 1.165) is 22.7 Å². The van der Waals surface area contributed by atoms with Gasteiger partial charge in [0.25, 0.3) is 0 Å². The van der Waals surface area contributed by atoms with Gasteiger partial charge in [-0.2, -0.15) is 0 Å². The van der Waals surface area contributed by atoms with Crippen LogP contribution < -0.4 is 20.1 Å². The van der Waals surface area contributed by atoms with Gasteiger partial charge < -0.3 is 20.1 Å². The van der Waals surface area contributed by atoms with Gasteiger partial charge in [-0.15, -0.1) is 0 Å². The molecule has 0 spiro atoms. The number of methoxy groups -OCH3 is 2. The van der Waals surface area contributed by atoms with Gasteiger partial charge >= 0.3 is 0 Å². The fraction of sp³-hybridized carbons (Fsp3) is 0.294. The molecule has 2 aromatic carbocycles. The van der Waals surface area contributed by atoms with E-state index in [1.807, 2.05) is 43.4 Å². The molecule has 0 aliphatic carbocycles. The molecule has 2 rings (SSSR count). The lowest BCUT2D eigenvalue weighted by Crippen LogP contribution is -2.30. The number of anilines is 1. The van der Waals surface area contributed by atoms with Gasteiger partial charge in [0.05, 0.1) is 20.3 Å². The number of rotatable bonds is 6. The average molecular weight is 286 g/mol. The lowest BCUT2D eigenvalue weighted by molar-refractivity contribution is 0.394. The molecule has 0 aliphatic rings. The number of hydrogen-bond donors (Lipinski definition) is 1. The van der Waals surface area contributed by atoms with E-state index in [4.69, 9.17) is 15.2 Å². The summed E-state index contributed by atoms with van der Waals surface area (Å²) < 4.78 is 10.8. The van der Waals surface area contributed by atoms with Crippen LogP contribution in [0.5, 0.6) is 11.5 Å². The number of ether oxygens (including phenoxy) is 2. The Morgan fingerprint density at radius 1 is 1.05 bits per heavy atom. The van der Waals surface area contributed by atoms with Gasteiger partial charge in [-0.1, -0.05) is 18.2 Å². The monoisotopic (exact) mass is 286 g/mol. The second-order valence-electron chi connectivity index (χ2n) is 4.81. The highest BCUT2D eigenvalue weighted by molar-refractivity contribution is 5.51. The molecule has 0 radical (unpaired) electrons. The van der Waals surface area contributed by atoms with Crippen molar-refractivity contribution in [3.63, 3.8) is 0 Å². The molecule has 0 fully saturated rings. The fourth-order valence-corrected chi connectivity index (χ4v) is 2.44. The number of benzene rings is 2. The maximum absolute atomic E-state index is 6.02. The van der Waals surface area contributed by atoms with Gasteiger partial charge in [0.15, 0.2) is 0 Å². The predicted octanol–water partition coefficient (Wildman–Crippen LogP) is 2.84. The van der Waals surface area contributed by atoms with Crippen LogP contribution in [0.25, 0.3) is 0 Å². The molecule has 1 unspecified atom stereocenters. The summed E-state index contributed by atoms with van der Waals surface area (Å²) in [4.78, 5) is 2.15. The molecule has 112 valence electrons. The third-order valence-electron chi connectivity index (χ3n) is 3.65. The van der Waals surface area contributed by atoms with Crippen LogP contribution >= 0.6 is 0 Å². The maximum Gasteiger partial charge on any atom is 0.124 e. The first-order valence-electron chi connectivity index (χ1n) is 6.91. The third kappa shape index (κ3) is 3.28. The van der Waals surface area contributed by atoms with Crippen LogP contribution in [-0.2, 0) is 0 Å². The van der Waals surface area contributed by atoms with Gasteiger partial charge in [0.1, 0.15) is 11.5 Å². The molecule has 0 saturated heterocycles. The van der Waals surface area contributed by atoms with Crippen LogP contribution in [0.2, 0.25) is 0 Å². The molecule has 2 N–H and O–H groups in total. The van der Waals surface area contributed by atoms with Crippen LogP contribution in [0, 0.1) is 0 Å². The Labute approximate surface area is 126 Å². The van der Waals surface area contributed by atoms with Crippen molar-refractivity contribution in [1.82, 2.24) is 0 Å². The smallest absolute Gasteiger partial charge is 0.124 e. The highest BCUT2D eigenvalue weighted by Crippen LogP contribution is 2.33. The minimum Gasteiger partial charge on any atom is -0.497 e. The SMILES string of the molecule is COc1ccc(OC)c(C(CN)N(C)c2ccccc2)c1. The van der Waals surface area contributed by atoms with Crippen LogP contribution in [0.1, 0.15) is 11.6 Å². The molecule has 0 bridgehead atoms.